The van der Waals surface area contributed by atoms with Crippen LogP contribution in [0.25, 0.3) is 0 Å². The van der Waals surface area contributed by atoms with Crippen LogP contribution in [0, 0.1) is 5.92 Å². The van der Waals surface area contributed by atoms with E-state index in [9.17, 15) is 0 Å². The number of hydrogen-bond acceptors (Lipinski definition) is 4. The minimum Gasteiger partial charge on any atom is -0.308 e. The van der Waals surface area contributed by atoms with Crippen LogP contribution < -0.4 is 5.32 Å². The Labute approximate surface area is 156 Å². The van der Waals surface area contributed by atoms with E-state index >= 15 is 0 Å². The fraction of sp³-hybridized carbons (Fsp3) is 0.619. The molecule has 1 saturated heterocycles. The zero-order valence-corrected chi connectivity index (χ0v) is 16.1. The average Bonchev–Trinajstić information content (AvgIpc) is 2.94. The molecule has 0 amide bonds. The molecule has 0 radical (unpaired) electrons. The van der Waals surface area contributed by atoms with Crippen LogP contribution in [0.2, 0.25) is 0 Å². The van der Waals surface area contributed by atoms with Crippen LogP contribution in [-0.4, -0.2) is 38.8 Å². The maximum atomic E-state index is 4.52. The predicted octanol–water partition coefficient (Wildman–Crippen LogP) is 3.08. The van der Waals surface area contributed by atoms with E-state index in [-0.39, 0.29) is 0 Å². The first-order valence-corrected chi connectivity index (χ1v) is 10.1. The molecular weight excluding hydrogens is 322 g/mol. The van der Waals surface area contributed by atoms with E-state index in [0.717, 1.165) is 32.1 Å². The van der Waals surface area contributed by atoms with Crippen molar-refractivity contribution in [3.63, 3.8) is 0 Å². The van der Waals surface area contributed by atoms with Gasteiger partial charge in [0.05, 0.1) is 17.6 Å². The summed E-state index contributed by atoms with van der Waals surface area (Å²) in [5.41, 5.74) is 4.04. The Kier molecular flexibility index (Phi) is 5.36. The smallest absolute Gasteiger partial charge is 0.0553 e. The van der Waals surface area contributed by atoms with E-state index in [0.29, 0.717) is 12.0 Å². The van der Waals surface area contributed by atoms with Gasteiger partial charge in [0.1, 0.15) is 0 Å². The molecule has 2 aliphatic rings. The second kappa shape index (κ2) is 7.89. The van der Waals surface area contributed by atoms with Crippen molar-refractivity contribution in [2.24, 2.45) is 13.0 Å². The Morgan fingerprint density at radius 3 is 2.81 bits per heavy atom. The summed E-state index contributed by atoms with van der Waals surface area (Å²) in [6, 6.07) is 6.77. The maximum Gasteiger partial charge on any atom is 0.0553 e. The molecule has 1 aliphatic carbocycles. The van der Waals surface area contributed by atoms with Crippen molar-refractivity contribution in [3.8, 4) is 0 Å². The van der Waals surface area contributed by atoms with Crippen LogP contribution in [0.4, 0.5) is 0 Å². The molecule has 3 heterocycles. The topological polar surface area (TPSA) is 46.0 Å². The van der Waals surface area contributed by atoms with Gasteiger partial charge in [0.15, 0.2) is 0 Å². The normalized spacial score (nSPS) is 24.5. The number of nitrogens with zero attached hydrogens (tertiary/aromatic N) is 4. The van der Waals surface area contributed by atoms with Crippen LogP contribution >= 0.6 is 0 Å². The number of pyridine rings is 1. The molecule has 5 nitrogen and oxygen atoms in total. The van der Waals surface area contributed by atoms with Crippen LogP contribution in [0.15, 0.2) is 30.6 Å². The molecule has 0 aromatic carbocycles. The number of hydrogen-bond donors (Lipinski definition) is 1. The lowest BCUT2D eigenvalue weighted by molar-refractivity contribution is 0.138. The first-order valence-electron chi connectivity index (χ1n) is 10.1. The van der Waals surface area contributed by atoms with Gasteiger partial charge in [0, 0.05) is 45.5 Å². The summed E-state index contributed by atoms with van der Waals surface area (Å²) in [6.07, 6.45) is 9.23. The highest BCUT2D eigenvalue weighted by molar-refractivity contribution is 5.24. The third-order valence-corrected chi connectivity index (χ3v) is 6.27. The SMILES string of the molecule is CC1CN(Cc2ccccn2)CCC1NCc1c(C2CCC2)cnn1C. The van der Waals surface area contributed by atoms with Crippen molar-refractivity contribution >= 4 is 0 Å². The van der Waals surface area contributed by atoms with E-state index in [1.54, 1.807) is 0 Å². The molecule has 0 bridgehead atoms. The minimum absolute atomic E-state index is 0.583. The molecule has 2 aromatic rings. The van der Waals surface area contributed by atoms with Crippen molar-refractivity contribution in [1.82, 2.24) is 25.0 Å². The highest BCUT2D eigenvalue weighted by atomic mass is 15.3. The quantitative estimate of drug-likeness (QED) is 0.867. The molecule has 1 aliphatic heterocycles. The Hall–Kier alpha value is -1.72. The lowest BCUT2D eigenvalue weighted by atomic mass is 9.80. The molecule has 2 aromatic heterocycles. The Balaban J connectivity index is 1.31. The molecule has 1 N–H and O–H groups in total. The minimum atomic E-state index is 0.583. The Bertz CT molecular complexity index is 706. The molecule has 4 rings (SSSR count). The van der Waals surface area contributed by atoms with Crippen molar-refractivity contribution in [1.29, 1.82) is 0 Å². The Morgan fingerprint density at radius 2 is 2.12 bits per heavy atom. The summed E-state index contributed by atoms with van der Waals surface area (Å²) in [6.45, 7) is 6.55. The lowest BCUT2D eigenvalue weighted by Gasteiger charge is -2.37. The van der Waals surface area contributed by atoms with Crippen LogP contribution in [0.5, 0.6) is 0 Å². The largest absolute Gasteiger partial charge is 0.308 e. The van der Waals surface area contributed by atoms with E-state index < -0.39 is 0 Å². The van der Waals surface area contributed by atoms with Gasteiger partial charge in [0.2, 0.25) is 0 Å². The van der Waals surface area contributed by atoms with E-state index in [1.165, 1.54) is 42.6 Å². The van der Waals surface area contributed by atoms with Gasteiger partial charge in [-0.2, -0.15) is 5.10 Å². The third kappa shape index (κ3) is 3.84. The number of piperidine rings is 1. The highest BCUT2D eigenvalue weighted by Crippen LogP contribution is 2.37. The predicted molar refractivity (Wildman–Crippen MR) is 104 cm³/mol. The van der Waals surface area contributed by atoms with Gasteiger partial charge in [-0.05, 0) is 48.8 Å². The van der Waals surface area contributed by atoms with Gasteiger partial charge in [-0.3, -0.25) is 14.6 Å². The molecule has 2 unspecified atom stereocenters. The first kappa shape index (κ1) is 17.7. The zero-order chi connectivity index (χ0) is 17.9. The fourth-order valence-corrected chi connectivity index (χ4v) is 4.38. The second-order valence-corrected chi connectivity index (χ2v) is 8.11. The number of aryl methyl sites for hydroxylation is 1. The van der Waals surface area contributed by atoms with Crippen LogP contribution in [0.1, 0.15) is 55.5 Å². The molecule has 1 saturated carbocycles. The summed E-state index contributed by atoms with van der Waals surface area (Å²) in [4.78, 5) is 7.01. The standard InChI is InChI=1S/C21H31N5/c1-16-14-26(15-18-8-3-4-10-22-18)11-9-20(16)23-13-21-19(12-24-25(21)2)17-6-5-7-17/h3-4,8,10,12,16-17,20,23H,5-7,9,11,13-15H2,1-2H3. The van der Waals surface area contributed by atoms with Gasteiger partial charge >= 0.3 is 0 Å². The van der Waals surface area contributed by atoms with Crippen LogP contribution in [0.3, 0.4) is 0 Å². The van der Waals surface area contributed by atoms with Gasteiger partial charge in [0.25, 0.3) is 0 Å². The molecule has 2 atom stereocenters. The molecular formula is C21H31N5. The first-order chi connectivity index (χ1) is 12.7. The summed E-state index contributed by atoms with van der Waals surface area (Å²) in [5.74, 6) is 1.39. The molecule has 2 fully saturated rings. The third-order valence-electron chi connectivity index (χ3n) is 6.27. The number of likely N-dealkylation sites (tertiary alicyclic amines) is 1. The molecule has 26 heavy (non-hydrogen) atoms. The van der Waals surface area contributed by atoms with Gasteiger partial charge in [-0.15, -0.1) is 0 Å². The Morgan fingerprint density at radius 1 is 1.23 bits per heavy atom. The molecule has 140 valence electrons. The van der Waals surface area contributed by atoms with Gasteiger partial charge in [-0.25, -0.2) is 0 Å². The average molecular weight is 354 g/mol. The van der Waals surface area contributed by atoms with E-state index in [4.69, 9.17) is 0 Å². The van der Waals surface area contributed by atoms with Crippen LogP contribution in [-0.2, 0) is 20.1 Å². The van der Waals surface area contributed by atoms with Gasteiger partial charge < -0.3 is 5.32 Å². The van der Waals surface area contributed by atoms with Gasteiger partial charge in [-0.1, -0.05) is 19.4 Å². The maximum absolute atomic E-state index is 4.52. The van der Waals surface area contributed by atoms with Crippen molar-refractivity contribution in [2.75, 3.05) is 13.1 Å². The summed E-state index contributed by atoms with van der Waals surface area (Å²) in [5, 5.41) is 8.36. The second-order valence-electron chi connectivity index (χ2n) is 8.11. The summed E-state index contributed by atoms with van der Waals surface area (Å²) in [7, 11) is 2.08. The molecule has 0 spiro atoms. The number of aromatic nitrogens is 3. The van der Waals surface area contributed by atoms with E-state index in [1.807, 2.05) is 12.3 Å². The number of rotatable bonds is 6. The van der Waals surface area contributed by atoms with E-state index in [2.05, 4.69) is 57.3 Å². The fourth-order valence-electron chi connectivity index (χ4n) is 4.38. The summed E-state index contributed by atoms with van der Waals surface area (Å²) < 4.78 is 2.07. The lowest BCUT2D eigenvalue weighted by Crippen LogP contribution is -2.48. The molecule has 5 heteroatoms. The monoisotopic (exact) mass is 353 g/mol. The van der Waals surface area contributed by atoms with Crippen molar-refractivity contribution in [2.45, 2.75) is 57.7 Å². The summed E-state index contributed by atoms with van der Waals surface area (Å²) >= 11 is 0. The zero-order valence-electron chi connectivity index (χ0n) is 16.1. The number of nitrogens with one attached hydrogen (secondary N) is 1. The highest BCUT2D eigenvalue weighted by Gasteiger charge is 2.28. The van der Waals surface area contributed by atoms with Crippen molar-refractivity contribution < 1.29 is 0 Å². The van der Waals surface area contributed by atoms with Crippen molar-refractivity contribution in [3.05, 3.63) is 47.5 Å².